The first kappa shape index (κ1) is 17.9. The van der Waals surface area contributed by atoms with Crippen LogP contribution in [0.25, 0.3) is 0 Å². The normalized spacial score (nSPS) is 14.4. The molecule has 1 saturated heterocycles. The maximum Gasteiger partial charge on any atom is 0.338 e. The Bertz CT molecular complexity index is 652. The van der Waals surface area contributed by atoms with Crippen molar-refractivity contribution in [1.82, 2.24) is 4.90 Å². The van der Waals surface area contributed by atoms with Gasteiger partial charge < -0.3 is 15.4 Å². The fourth-order valence-electron chi connectivity index (χ4n) is 2.29. The first-order chi connectivity index (χ1) is 11.5. The maximum absolute atomic E-state index is 12.4. The van der Waals surface area contributed by atoms with Crippen LogP contribution < -0.4 is 11.2 Å². The third-order valence-electron chi connectivity index (χ3n) is 3.52. The van der Waals surface area contributed by atoms with Crippen LogP contribution in [0.1, 0.15) is 30.1 Å². The molecule has 0 aliphatic carbocycles. The summed E-state index contributed by atoms with van der Waals surface area (Å²) in [6.07, 6.45) is 1.94. The molecule has 2 rings (SSSR count). The van der Waals surface area contributed by atoms with Crippen molar-refractivity contribution in [2.24, 2.45) is 10.8 Å². The molecule has 1 aliphatic heterocycles. The van der Waals surface area contributed by atoms with E-state index in [2.05, 4.69) is 10.5 Å². The van der Waals surface area contributed by atoms with E-state index in [-0.39, 0.29) is 22.6 Å². The monoisotopic (exact) mass is 348 g/mol. The van der Waals surface area contributed by atoms with E-state index >= 15 is 0 Å². The van der Waals surface area contributed by atoms with Gasteiger partial charge >= 0.3 is 5.97 Å². The van der Waals surface area contributed by atoms with Crippen molar-refractivity contribution < 1.29 is 14.3 Å². The first-order valence-corrected chi connectivity index (χ1v) is 8.13. The molecule has 0 aromatic heterocycles. The van der Waals surface area contributed by atoms with Crippen LogP contribution in [0.5, 0.6) is 0 Å². The molecule has 7 nitrogen and oxygen atoms in total. The average molecular weight is 348 g/mol. The molecular weight excluding hydrogens is 328 g/mol. The zero-order valence-electron chi connectivity index (χ0n) is 13.4. The van der Waals surface area contributed by atoms with Crippen molar-refractivity contribution >= 4 is 40.5 Å². The summed E-state index contributed by atoms with van der Waals surface area (Å²) in [7, 11) is 0. The Labute approximate surface area is 145 Å². The number of nitrogens with zero attached hydrogens (tertiary/aromatic N) is 2. The number of thiocarbonyl (C=S) groups is 1. The Kier molecular flexibility index (Phi) is 6.25. The number of nitrogens with one attached hydrogen (secondary N) is 1. The molecule has 0 bridgehead atoms. The van der Waals surface area contributed by atoms with Crippen LogP contribution in [0.2, 0.25) is 0 Å². The number of hydrogen-bond donors (Lipinski definition) is 2. The lowest BCUT2D eigenvalue weighted by atomic mass is 10.2. The van der Waals surface area contributed by atoms with Crippen LogP contribution >= 0.6 is 12.2 Å². The Morgan fingerprint density at radius 3 is 2.46 bits per heavy atom. The summed E-state index contributed by atoms with van der Waals surface area (Å²) in [6.45, 7) is 3.44. The number of benzene rings is 1. The smallest absolute Gasteiger partial charge is 0.338 e. The molecule has 0 atom stereocenters. The van der Waals surface area contributed by atoms with Gasteiger partial charge in [-0.1, -0.05) is 12.2 Å². The van der Waals surface area contributed by atoms with Crippen molar-refractivity contribution in [3.63, 3.8) is 0 Å². The van der Waals surface area contributed by atoms with E-state index in [1.165, 1.54) is 0 Å². The quantitative estimate of drug-likeness (QED) is 0.350. The van der Waals surface area contributed by atoms with Gasteiger partial charge in [0.1, 0.15) is 4.99 Å². The highest BCUT2D eigenvalue weighted by molar-refractivity contribution is 7.82. The number of hydrogen-bond acceptors (Lipinski definition) is 6. The highest BCUT2D eigenvalue weighted by Crippen LogP contribution is 2.12. The molecule has 1 aliphatic rings. The number of esters is 1. The van der Waals surface area contributed by atoms with Crippen LogP contribution in [0.4, 0.5) is 5.69 Å². The molecule has 0 spiro atoms. The summed E-state index contributed by atoms with van der Waals surface area (Å²) in [5.74, 6) is -0.656. The van der Waals surface area contributed by atoms with Gasteiger partial charge in [0.25, 0.3) is 5.91 Å². The van der Waals surface area contributed by atoms with E-state index in [0.717, 1.165) is 12.8 Å². The van der Waals surface area contributed by atoms with Gasteiger partial charge in [-0.25, -0.2) is 4.79 Å². The second kappa shape index (κ2) is 8.39. The van der Waals surface area contributed by atoms with E-state index in [1.807, 2.05) is 0 Å². The Hall–Kier alpha value is -2.48. The van der Waals surface area contributed by atoms with E-state index < -0.39 is 0 Å². The Balaban J connectivity index is 2.07. The summed E-state index contributed by atoms with van der Waals surface area (Å²) in [5.41, 5.74) is 9.44. The van der Waals surface area contributed by atoms with Crippen LogP contribution in [0.15, 0.2) is 29.4 Å². The van der Waals surface area contributed by atoms with Gasteiger partial charge in [-0.2, -0.15) is 5.10 Å². The predicted molar refractivity (Wildman–Crippen MR) is 96.1 cm³/mol. The molecule has 128 valence electrons. The molecule has 1 aromatic carbocycles. The summed E-state index contributed by atoms with van der Waals surface area (Å²) in [4.78, 5) is 25.6. The standard InChI is InChI=1S/C16H20N4O3S/c1-2-23-16(22)11-5-7-12(8-6-11)18-19-13(14(17)24)15(21)20-9-3-4-10-20/h5-8,18H,2-4,9-10H2,1H3,(H2,17,24)/b19-13-. The Morgan fingerprint density at radius 1 is 1.29 bits per heavy atom. The van der Waals surface area contributed by atoms with Crippen molar-refractivity contribution in [3.05, 3.63) is 29.8 Å². The van der Waals surface area contributed by atoms with Gasteiger partial charge in [-0.05, 0) is 44.0 Å². The number of carbonyl (C=O) groups is 2. The number of hydrazone groups is 1. The fourth-order valence-corrected chi connectivity index (χ4v) is 2.43. The molecule has 24 heavy (non-hydrogen) atoms. The number of nitrogens with two attached hydrogens (primary N) is 1. The van der Waals surface area contributed by atoms with Crippen molar-refractivity contribution in [2.75, 3.05) is 25.1 Å². The molecule has 0 unspecified atom stereocenters. The second-order valence-corrected chi connectivity index (χ2v) is 5.67. The largest absolute Gasteiger partial charge is 0.462 e. The molecule has 1 aromatic rings. The minimum absolute atomic E-state index is 0.0290. The SMILES string of the molecule is CCOC(=O)c1ccc(N/N=C(\C(=O)N2CCCC2)C(N)=S)cc1. The zero-order valence-corrected chi connectivity index (χ0v) is 14.3. The molecule has 0 radical (unpaired) electrons. The van der Waals surface area contributed by atoms with E-state index in [1.54, 1.807) is 36.1 Å². The molecule has 0 saturated carbocycles. The number of ether oxygens (including phenoxy) is 1. The Morgan fingerprint density at radius 2 is 1.92 bits per heavy atom. The van der Waals surface area contributed by atoms with Gasteiger partial charge in [0.05, 0.1) is 17.9 Å². The average Bonchev–Trinajstić information content (AvgIpc) is 3.10. The van der Waals surface area contributed by atoms with Gasteiger partial charge in [0.15, 0.2) is 5.71 Å². The lowest BCUT2D eigenvalue weighted by Gasteiger charge is -2.16. The summed E-state index contributed by atoms with van der Waals surface area (Å²) >= 11 is 4.93. The molecule has 1 fully saturated rings. The van der Waals surface area contributed by atoms with Crippen LogP contribution in [0, 0.1) is 0 Å². The lowest BCUT2D eigenvalue weighted by molar-refractivity contribution is -0.122. The van der Waals surface area contributed by atoms with Gasteiger partial charge in [-0.3, -0.25) is 10.2 Å². The number of rotatable bonds is 6. The zero-order chi connectivity index (χ0) is 17.5. The number of amides is 1. The third kappa shape index (κ3) is 4.51. The maximum atomic E-state index is 12.4. The molecule has 1 amide bonds. The van der Waals surface area contributed by atoms with Crippen molar-refractivity contribution in [3.8, 4) is 0 Å². The van der Waals surface area contributed by atoms with Crippen molar-refractivity contribution in [2.45, 2.75) is 19.8 Å². The molecule has 1 heterocycles. The highest BCUT2D eigenvalue weighted by atomic mass is 32.1. The van der Waals surface area contributed by atoms with Gasteiger partial charge in [0.2, 0.25) is 0 Å². The molecular formula is C16H20N4O3S. The van der Waals surface area contributed by atoms with Crippen molar-refractivity contribution in [1.29, 1.82) is 0 Å². The lowest BCUT2D eigenvalue weighted by Crippen LogP contribution is -2.40. The van der Waals surface area contributed by atoms with E-state index in [9.17, 15) is 9.59 Å². The van der Waals surface area contributed by atoms with Crippen LogP contribution in [0.3, 0.4) is 0 Å². The predicted octanol–water partition coefficient (Wildman–Crippen LogP) is 1.54. The third-order valence-corrected chi connectivity index (χ3v) is 3.72. The van der Waals surface area contributed by atoms with E-state index in [0.29, 0.717) is 30.9 Å². The topological polar surface area (TPSA) is 97.0 Å². The summed E-state index contributed by atoms with van der Waals surface area (Å²) < 4.78 is 4.92. The fraction of sp³-hybridized carbons (Fsp3) is 0.375. The summed E-state index contributed by atoms with van der Waals surface area (Å²) in [5, 5.41) is 4.04. The van der Waals surface area contributed by atoms with Crippen LogP contribution in [-0.2, 0) is 9.53 Å². The number of carbonyl (C=O) groups excluding carboxylic acids is 2. The minimum atomic E-state index is -0.388. The van der Waals surface area contributed by atoms with Gasteiger partial charge in [-0.15, -0.1) is 0 Å². The molecule has 8 heteroatoms. The highest BCUT2D eigenvalue weighted by Gasteiger charge is 2.24. The van der Waals surface area contributed by atoms with Gasteiger partial charge in [0, 0.05) is 13.1 Å². The summed E-state index contributed by atoms with van der Waals surface area (Å²) in [6, 6.07) is 6.54. The van der Waals surface area contributed by atoms with Crippen LogP contribution in [-0.4, -0.2) is 47.2 Å². The second-order valence-electron chi connectivity index (χ2n) is 5.23. The molecule has 3 N–H and O–H groups in total. The number of anilines is 1. The first-order valence-electron chi connectivity index (χ1n) is 7.73. The van der Waals surface area contributed by atoms with E-state index in [4.69, 9.17) is 22.7 Å². The number of likely N-dealkylation sites (tertiary alicyclic amines) is 1. The minimum Gasteiger partial charge on any atom is -0.462 e.